The highest BCUT2D eigenvalue weighted by atomic mass is 32.1. The Morgan fingerprint density at radius 1 is 0.375 bits per heavy atom. The van der Waals surface area contributed by atoms with Crippen LogP contribution in [0, 0.1) is 0 Å². The van der Waals surface area contributed by atoms with Gasteiger partial charge in [-0.3, -0.25) is 4.57 Å². The molecule has 13 aromatic rings. The molecular formula is C59H35N3S2. The molecule has 0 radical (unpaired) electrons. The molecule has 0 unspecified atom stereocenters. The molecule has 1 aliphatic rings. The van der Waals surface area contributed by atoms with Gasteiger partial charge in [-0.1, -0.05) is 182 Å². The fourth-order valence-electron chi connectivity index (χ4n) is 10.8. The minimum absolute atomic E-state index is 0.564. The molecule has 0 saturated heterocycles. The third kappa shape index (κ3) is 4.96. The molecule has 0 amide bonds. The van der Waals surface area contributed by atoms with Crippen molar-refractivity contribution in [2.75, 3.05) is 0 Å². The van der Waals surface area contributed by atoms with Gasteiger partial charge in [0.2, 0.25) is 5.95 Å². The van der Waals surface area contributed by atoms with Crippen molar-refractivity contribution in [2.45, 2.75) is 5.41 Å². The normalized spacial score (nSPS) is 13.1. The standard InChI is InChI=1S/C59H35N3S2/c1-3-16-36(17-4-1)49-35-50(45-25-15-24-43-41-22-9-13-28-53(41)63-56(43)45)61-58(60-49)62-51-33-32-44-42-23-10-14-29-54(42)64-57(44)55(51)46-31-30-38(34-52(46)62)59(37-18-5-2-6-19-37)47-26-11-7-20-39(47)40-21-8-12-27-48(40)59/h1-35H. The first-order chi connectivity index (χ1) is 31.7. The van der Waals surface area contributed by atoms with Crippen molar-refractivity contribution in [1.82, 2.24) is 14.5 Å². The summed E-state index contributed by atoms with van der Waals surface area (Å²) >= 11 is 3.71. The number of nitrogens with zero attached hydrogens (tertiary/aromatic N) is 3. The van der Waals surface area contributed by atoms with Crippen LogP contribution in [0.15, 0.2) is 212 Å². The van der Waals surface area contributed by atoms with E-state index in [1.807, 2.05) is 22.7 Å². The van der Waals surface area contributed by atoms with Crippen LogP contribution in [0.5, 0.6) is 0 Å². The third-order valence-electron chi connectivity index (χ3n) is 13.5. The lowest BCUT2D eigenvalue weighted by molar-refractivity contribution is 0.769. The second-order valence-corrected chi connectivity index (χ2v) is 18.9. The molecule has 4 aromatic heterocycles. The van der Waals surface area contributed by atoms with Gasteiger partial charge in [-0.2, -0.15) is 0 Å². The minimum Gasteiger partial charge on any atom is -0.278 e. The van der Waals surface area contributed by atoms with Gasteiger partial charge in [-0.15, -0.1) is 22.7 Å². The lowest BCUT2D eigenvalue weighted by Crippen LogP contribution is -2.28. The first-order valence-corrected chi connectivity index (χ1v) is 23.4. The molecular weight excluding hydrogens is 815 g/mol. The van der Waals surface area contributed by atoms with Crippen LogP contribution in [0.2, 0.25) is 0 Å². The zero-order valence-corrected chi connectivity index (χ0v) is 36.0. The van der Waals surface area contributed by atoms with Crippen LogP contribution in [-0.2, 0) is 5.41 Å². The average molecular weight is 850 g/mol. The average Bonchev–Trinajstić information content (AvgIpc) is 4.11. The number of fused-ring (bicyclic) bond motifs is 13. The molecule has 0 fully saturated rings. The zero-order chi connectivity index (χ0) is 41.9. The highest BCUT2D eigenvalue weighted by molar-refractivity contribution is 7.27. The Bertz CT molecular complexity index is 3980. The van der Waals surface area contributed by atoms with Gasteiger partial charge in [0.25, 0.3) is 0 Å². The number of hydrogen-bond acceptors (Lipinski definition) is 4. The van der Waals surface area contributed by atoms with E-state index in [0.29, 0.717) is 5.95 Å². The number of thiophene rings is 2. The summed E-state index contributed by atoms with van der Waals surface area (Å²) in [5.41, 5.74) is 13.1. The Labute approximate surface area is 376 Å². The van der Waals surface area contributed by atoms with Crippen molar-refractivity contribution in [3.8, 4) is 39.6 Å². The quantitative estimate of drug-likeness (QED) is 0.173. The summed E-state index contributed by atoms with van der Waals surface area (Å²) in [5.74, 6) is 0.646. The zero-order valence-electron chi connectivity index (χ0n) is 34.4. The molecule has 9 aromatic carbocycles. The minimum atomic E-state index is -0.564. The van der Waals surface area contributed by atoms with E-state index in [-0.39, 0.29) is 0 Å². The number of hydrogen-bond donors (Lipinski definition) is 0. The Kier molecular flexibility index (Phi) is 7.65. The van der Waals surface area contributed by atoms with E-state index in [9.17, 15) is 0 Å². The highest BCUT2D eigenvalue weighted by Crippen LogP contribution is 2.57. The van der Waals surface area contributed by atoms with E-state index in [1.165, 1.54) is 84.5 Å². The van der Waals surface area contributed by atoms with Crippen molar-refractivity contribution in [3.05, 3.63) is 235 Å². The van der Waals surface area contributed by atoms with E-state index >= 15 is 0 Å². The van der Waals surface area contributed by atoms with E-state index in [4.69, 9.17) is 9.97 Å². The summed E-state index contributed by atoms with van der Waals surface area (Å²) in [7, 11) is 0. The third-order valence-corrected chi connectivity index (χ3v) is 16.0. The lowest BCUT2D eigenvalue weighted by atomic mass is 9.67. The second-order valence-electron chi connectivity index (χ2n) is 16.8. The SMILES string of the molecule is c1ccc(-c2cc(-c3cccc4c3sc3ccccc34)nc(-n3c4cc(C5(c6ccccc6)c6ccccc6-c6ccccc65)ccc4c4c5sc6ccccc6c5ccc43)n2)cc1. The molecule has 0 N–H and O–H groups in total. The number of aromatic nitrogens is 3. The Morgan fingerprint density at radius 3 is 1.67 bits per heavy atom. The van der Waals surface area contributed by atoms with E-state index in [2.05, 4.69) is 217 Å². The topological polar surface area (TPSA) is 30.7 Å². The van der Waals surface area contributed by atoms with Crippen LogP contribution < -0.4 is 0 Å². The van der Waals surface area contributed by atoms with E-state index in [1.54, 1.807) is 0 Å². The summed E-state index contributed by atoms with van der Waals surface area (Å²) in [6, 6.07) is 77.7. The first-order valence-electron chi connectivity index (χ1n) is 21.7. The Balaban J connectivity index is 1.12. The van der Waals surface area contributed by atoms with E-state index in [0.717, 1.165) is 33.5 Å². The van der Waals surface area contributed by atoms with Gasteiger partial charge in [0.1, 0.15) is 0 Å². The number of rotatable bonds is 5. The second kappa shape index (κ2) is 13.6. The lowest BCUT2D eigenvalue weighted by Gasteiger charge is -2.34. The van der Waals surface area contributed by atoms with Crippen LogP contribution in [0.4, 0.5) is 0 Å². The molecule has 0 saturated carbocycles. The fraction of sp³-hybridized carbons (Fsp3) is 0.0169. The molecule has 298 valence electrons. The highest BCUT2D eigenvalue weighted by Gasteiger charge is 2.46. The van der Waals surface area contributed by atoms with Gasteiger partial charge < -0.3 is 0 Å². The molecule has 1 aliphatic carbocycles. The van der Waals surface area contributed by atoms with Gasteiger partial charge >= 0.3 is 0 Å². The van der Waals surface area contributed by atoms with Crippen LogP contribution in [0.3, 0.4) is 0 Å². The largest absolute Gasteiger partial charge is 0.278 e. The summed E-state index contributed by atoms with van der Waals surface area (Å²) < 4.78 is 7.41. The predicted octanol–water partition coefficient (Wildman–Crippen LogP) is 16.0. The number of benzene rings is 9. The molecule has 4 heterocycles. The van der Waals surface area contributed by atoms with Gasteiger partial charge in [-0.05, 0) is 63.7 Å². The van der Waals surface area contributed by atoms with Crippen molar-refractivity contribution in [3.63, 3.8) is 0 Å². The molecule has 5 heteroatoms. The van der Waals surface area contributed by atoms with Crippen molar-refractivity contribution < 1.29 is 0 Å². The summed E-state index contributed by atoms with van der Waals surface area (Å²) in [6.07, 6.45) is 0. The Hall–Kier alpha value is -7.70. The monoisotopic (exact) mass is 849 g/mol. The maximum atomic E-state index is 5.65. The molecule has 0 bridgehead atoms. The van der Waals surface area contributed by atoms with Crippen molar-refractivity contribution in [1.29, 1.82) is 0 Å². The maximum absolute atomic E-state index is 5.65. The Morgan fingerprint density at radius 2 is 0.938 bits per heavy atom. The summed E-state index contributed by atoms with van der Waals surface area (Å²) in [4.78, 5) is 11.2. The smallest absolute Gasteiger partial charge is 0.235 e. The van der Waals surface area contributed by atoms with Crippen LogP contribution in [0.1, 0.15) is 22.3 Å². The van der Waals surface area contributed by atoms with Crippen molar-refractivity contribution >= 4 is 84.8 Å². The summed E-state index contributed by atoms with van der Waals surface area (Å²) in [5, 5.41) is 7.48. The molecule has 64 heavy (non-hydrogen) atoms. The summed E-state index contributed by atoms with van der Waals surface area (Å²) in [6.45, 7) is 0. The molecule has 14 rings (SSSR count). The molecule has 3 nitrogen and oxygen atoms in total. The van der Waals surface area contributed by atoms with Crippen LogP contribution >= 0.6 is 22.7 Å². The molecule has 0 spiro atoms. The van der Waals surface area contributed by atoms with Gasteiger partial charge in [0.05, 0.1) is 27.8 Å². The van der Waals surface area contributed by atoms with Gasteiger partial charge in [0.15, 0.2) is 0 Å². The van der Waals surface area contributed by atoms with Crippen LogP contribution in [-0.4, -0.2) is 14.5 Å². The van der Waals surface area contributed by atoms with Gasteiger partial charge in [0, 0.05) is 62.2 Å². The van der Waals surface area contributed by atoms with Crippen LogP contribution in [0.25, 0.3) is 102 Å². The predicted molar refractivity (Wildman–Crippen MR) is 270 cm³/mol. The fourth-order valence-corrected chi connectivity index (χ4v) is 13.3. The van der Waals surface area contributed by atoms with Crippen molar-refractivity contribution in [2.24, 2.45) is 0 Å². The van der Waals surface area contributed by atoms with E-state index < -0.39 is 5.41 Å². The maximum Gasteiger partial charge on any atom is 0.235 e. The molecule has 0 atom stereocenters. The van der Waals surface area contributed by atoms with Gasteiger partial charge in [-0.25, -0.2) is 9.97 Å². The molecule has 0 aliphatic heterocycles. The first kappa shape index (κ1) is 35.9.